The third-order valence-corrected chi connectivity index (χ3v) is 12.2. The predicted octanol–water partition coefficient (Wildman–Crippen LogP) is 5.46. The Kier molecular flexibility index (Phi) is 12.9. The third-order valence-electron chi connectivity index (χ3n) is 11.6. The van der Waals surface area contributed by atoms with Crippen molar-refractivity contribution in [2.24, 2.45) is 0 Å². The Morgan fingerprint density at radius 1 is 0.841 bits per heavy atom. The number of piperidine rings is 1. The number of anilines is 4. The number of carbonyl (C=O) groups excluding carboxylic acids is 4. The topological polar surface area (TPSA) is 197 Å². The Morgan fingerprint density at radius 2 is 1.62 bits per heavy atom. The van der Waals surface area contributed by atoms with E-state index in [1.165, 1.54) is 0 Å². The van der Waals surface area contributed by atoms with E-state index in [1.54, 1.807) is 54.2 Å². The highest BCUT2D eigenvalue weighted by atomic mass is 32.2. The summed E-state index contributed by atoms with van der Waals surface area (Å²) in [4.78, 5) is 60.7. The molecule has 5 heterocycles. The molecule has 3 aliphatic rings. The van der Waals surface area contributed by atoms with E-state index in [-0.39, 0.29) is 24.0 Å². The molecule has 3 aromatic carbocycles. The lowest BCUT2D eigenvalue weighted by Crippen LogP contribution is -2.54. The molecule has 330 valence electrons. The summed E-state index contributed by atoms with van der Waals surface area (Å²) in [7, 11) is -1.78. The highest BCUT2D eigenvalue weighted by Crippen LogP contribution is 2.35. The zero-order valence-corrected chi connectivity index (χ0v) is 36.2. The number of fused-ring (bicyclic) bond motifs is 2. The molecule has 0 bridgehead atoms. The second-order valence-corrected chi connectivity index (χ2v) is 17.8. The number of carbonyl (C=O) groups is 4. The number of hydrogen-bond acceptors (Lipinski definition) is 13. The summed E-state index contributed by atoms with van der Waals surface area (Å²) in [6.07, 6.45) is 9.31. The maximum atomic E-state index is 13.3. The highest BCUT2D eigenvalue weighted by Gasteiger charge is 2.46. The van der Waals surface area contributed by atoms with Crippen LogP contribution >= 0.6 is 0 Å². The number of rotatable bonds is 18. The number of piperazine rings is 1. The molecule has 0 spiro atoms. The molecule has 0 aliphatic carbocycles. The molecule has 2 saturated heterocycles. The number of hydrogen-bond donors (Lipinski definition) is 3. The SMILES string of the molecule is COc1cc(N2CCN(CCCCCCCCOc3cccc4c3C(=O)N(C3CCC(=O)NC3=O)C4=O)CC2)ccc1Nc1ncc2ccc(-c3cccc(NS(C)(=O)=O)c3)n2n1. The Labute approximate surface area is 365 Å². The molecule has 1 atom stereocenters. The molecular formula is C45H51N9O8S. The van der Waals surface area contributed by atoms with E-state index in [1.807, 2.05) is 30.3 Å². The Bertz CT molecular complexity index is 2640. The van der Waals surface area contributed by atoms with Crippen molar-refractivity contribution in [1.29, 1.82) is 0 Å². The van der Waals surface area contributed by atoms with E-state index < -0.39 is 39.7 Å². The van der Waals surface area contributed by atoms with Crippen LogP contribution in [0.3, 0.4) is 0 Å². The minimum absolute atomic E-state index is 0.0722. The maximum absolute atomic E-state index is 13.3. The number of unbranched alkanes of at least 4 members (excludes halogenated alkanes) is 5. The van der Waals surface area contributed by atoms with Gasteiger partial charge in [0.15, 0.2) is 0 Å². The van der Waals surface area contributed by atoms with E-state index in [4.69, 9.17) is 14.6 Å². The average Bonchev–Trinajstić information content (AvgIpc) is 3.80. The lowest BCUT2D eigenvalue weighted by Gasteiger charge is -2.36. The summed E-state index contributed by atoms with van der Waals surface area (Å²) < 4.78 is 39.7. The predicted molar refractivity (Wildman–Crippen MR) is 238 cm³/mol. The third kappa shape index (κ3) is 9.92. The molecule has 5 aromatic rings. The Balaban J connectivity index is 0.748. The van der Waals surface area contributed by atoms with Gasteiger partial charge in [-0.05, 0) is 74.3 Å². The van der Waals surface area contributed by atoms with Gasteiger partial charge in [0, 0.05) is 55.6 Å². The Morgan fingerprint density at radius 3 is 2.40 bits per heavy atom. The number of methoxy groups -OCH3 is 1. The number of nitrogens with one attached hydrogen (secondary N) is 3. The molecule has 0 saturated carbocycles. The highest BCUT2D eigenvalue weighted by molar-refractivity contribution is 7.92. The smallest absolute Gasteiger partial charge is 0.266 e. The maximum Gasteiger partial charge on any atom is 0.266 e. The van der Waals surface area contributed by atoms with Gasteiger partial charge in [0.25, 0.3) is 11.8 Å². The van der Waals surface area contributed by atoms with E-state index in [0.717, 1.165) is 111 Å². The van der Waals surface area contributed by atoms with Crippen LogP contribution in [-0.4, -0.2) is 115 Å². The quantitative estimate of drug-likeness (QED) is 0.0742. The number of imide groups is 2. The number of aromatic nitrogens is 3. The normalized spacial score (nSPS) is 17.0. The summed E-state index contributed by atoms with van der Waals surface area (Å²) in [5.41, 5.74) is 5.05. The molecule has 2 aromatic heterocycles. The van der Waals surface area contributed by atoms with Crippen LogP contribution < -0.4 is 29.7 Å². The average molecular weight is 878 g/mol. The summed E-state index contributed by atoms with van der Waals surface area (Å²) in [5, 5.41) is 10.3. The minimum Gasteiger partial charge on any atom is -0.494 e. The molecule has 0 radical (unpaired) electrons. The summed E-state index contributed by atoms with van der Waals surface area (Å²) in [5.74, 6) is -0.747. The van der Waals surface area contributed by atoms with Gasteiger partial charge in [0.05, 0.1) is 54.2 Å². The van der Waals surface area contributed by atoms with Gasteiger partial charge in [-0.2, -0.15) is 0 Å². The first-order chi connectivity index (χ1) is 30.5. The first kappa shape index (κ1) is 43.1. The van der Waals surface area contributed by atoms with Crippen LogP contribution in [-0.2, 0) is 19.6 Å². The van der Waals surface area contributed by atoms with Crippen molar-refractivity contribution in [3.05, 3.63) is 90.1 Å². The molecule has 17 nitrogen and oxygen atoms in total. The second kappa shape index (κ2) is 18.8. The Hall–Kier alpha value is -6.53. The fraction of sp³-hybridized carbons (Fsp3) is 0.378. The van der Waals surface area contributed by atoms with Crippen molar-refractivity contribution in [3.8, 4) is 22.8 Å². The molecule has 1 unspecified atom stereocenters. The summed E-state index contributed by atoms with van der Waals surface area (Å²) in [6.45, 7) is 5.24. The second-order valence-electron chi connectivity index (χ2n) is 16.0. The minimum atomic E-state index is -3.42. The van der Waals surface area contributed by atoms with Crippen molar-refractivity contribution in [1.82, 2.24) is 29.7 Å². The molecule has 63 heavy (non-hydrogen) atoms. The molecule has 8 rings (SSSR count). The van der Waals surface area contributed by atoms with Crippen LogP contribution in [0.4, 0.5) is 23.0 Å². The van der Waals surface area contributed by atoms with Crippen LogP contribution in [0.5, 0.6) is 11.5 Å². The first-order valence-corrected chi connectivity index (χ1v) is 23.2. The van der Waals surface area contributed by atoms with Crippen molar-refractivity contribution in [2.45, 2.75) is 57.4 Å². The van der Waals surface area contributed by atoms with Crippen molar-refractivity contribution in [2.75, 3.05) is 67.6 Å². The van der Waals surface area contributed by atoms with Crippen molar-refractivity contribution >= 4 is 62.2 Å². The molecule has 3 aliphatic heterocycles. The molecule has 2 fully saturated rings. The standard InChI is InChI=1S/C45H51N9O8S/c1-61-39-28-32(15-17-35(39)47-45-46-29-33-16-18-36(54(33)49-45)30-11-9-12-31(27-30)50-63(2,59)60)52-24-22-51(23-25-52)21-7-5-3-4-6-8-26-62-38-14-10-13-34-41(38)44(58)53(43(34)57)37-19-20-40(55)48-42(37)56/h9-18,27-29,37,50H,3-8,19-26H2,1-2H3,(H,47,49)(H,48,55,56). The zero-order valence-electron chi connectivity index (χ0n) is 35.3. The molecule has 18 heteroatoms. The van der Waals surface area contributed by atoms with Crippen LogP contribution in [0.1, 0.15) is 72.1 Å². The van der Waals surface area contributed by atoms with Gasteiger partial charge in [0.2, 0.25) is 27.8 Å². The van der Waals surface area contributed by atoms with Crippen LogP contribution in [0.15, 0.2) is 79.0 Å². The number of nitrogens with zero attached hydrogens (tertiary/aromatic N) is 6. The summed E-state index contributed by atoms with van der Waals surface area (Å²) >= 11 is 0. The fourth-order valence-electron chi connectivity index (χ4n) is 8.39. The van der Waals surface area contributed by atoms with Crippen LogP contribution in [0.2, 0.25) is 0 Å². The zero-order chi connectivity index (χ0) is 44.1. The van der Waals surface area contributed by atoms with Gasteiger partial charge < -0.3 is 19.7 Å². The van der Waals surface area contributed by atoms with Crippen molar-refractivity contribution < 1.29 is 37.1 Å². The number of benzene rings is 3. The molecule has 4 amide bonds. The molecular weight excluding hydrogens is 827 g/mol. The van der Waals surface area contributed by atoms with Crippen LogP contribution in [0.25, 0.3) is 16.8 Å². The fourth-order valence-corrected chi connectivity index (χ4v) is 8.95. The number of sulfonamides is 1. The van der Waals surface area contributed by atoms with Crippen LogP contribution in [0, 0.1) is 0 Å². The summed E-state index contributed by atoms with van der Waals surface area (Å²) in [6, 6.07) is 21.0. The lowest BCUT2D eigenvalue weighted by atomic mass is 10.0. The largest absolute Gasteiger partial charge is 0.494 e. The van der Waals surface area contributed by atoms with E-state index in [2.05, 4.69) is 36.2 Å². The van der Waals surface area contributed by atoms with Gasteiger partial charge in [-0.3, -0.25) is 39.0 Å². The van der Waals surface area contributed by atoms with Gasteiger partial charge in [0.1, 0.15) is 17.5 Å². The molecule has 3 N–H and O–H groups in total. The van der Waals surface area contributed by atoms with E-state index >= 15 is 0 Å². The lowest BCUT2D eigenvalue weighted by molar-refractivity contribution is -0.136. The van der Waals surface area contributed by atoms with Gasteiger partial charge >= 0.3 is 0 Å². The van der Waals surface area contributed by atoms with Crippen molar-refractivity contribution in [3.63, 3.8) is 0 Å². The monoisotopic (exact) mass is 877 g/mol. The van der Waals surface area contributed by atoms with E-state index in [0.29, 0.717) is 29.7 Å². The van der Waals surface area contributed by atoms with Gasteiger partial charge in [-0.1, -0.05) is 43.9 Å². The van der Waals surface area contributed by atoms with Gasteiger partial charge in [-0.25, -0.2) is 17.9 Å². The first-order valence-electron chi connectivity index (χ1n) is 21.3. The number of ether oxygens (including phenoxy) is 2. The number of amides is 4. The van der Waals surface area contributed by atoms with E-state index in [9.17, 15) is 27.6 Å². The van der Waals surface area contributed by atoms with Gasteiger partial charge in [-0.15, -0.1) is 5.10 Å².